The Balaban J connectivity index is 2.69. The van der Waals surface area contributed by atoms with E-state index in [0.29, 0.717) is 11.3 Å². The summed E-state index contributed by atoms with van der Waals surface area (Å²) in [5.74, 6) is -0.589. The van der Waals surface area contributed by atoms with E-state index in [9.17, 15) is 4.79 Å². The second kappa shape index (κ2) is 5.90. The Kier molecular flexibility index (Phi) is 4.22. The third-order valence-electron chi connectivity index (χ3n) is 2.73. The molecule has 0 aliphatic carbocycles. The first kappa shape index (κ1) is 14.3. The van der Waals surface area contributed by atoms with Gasteiger partial charge in [0.2, 0.25) is 5.91 Å². The van der Waals surface area contributed by atoms with Gasteiger partial charge in [0.05, 0.1) is 10.6 Å². The summed E-state index contributed by atoms with van der Waals surface area (Å²) in [6, 6.07) is 12.6. The van der Waals surface area contributed by atoms with E-state index in [1.165, 1.54) is 6.07 Å². The molecule has 0 saturated heterocycles. The maximum Gasteiger partial charge on any atom is 0.250 e. The van der Waals surface area contributed by atoms with Gasteiger partial charge in [-0.1, -0.05) is 41.9 Å². The fourth-order valence-electron chi connectivity index (χ4n) is 1.89. The van der Waals surface area contributed by atoms with Gasteiger partial charge in [-0.2, -0.15) is 0 Å². The minimum absolute atomic E-state index is 0.116. The van der Waals surface area contributed by atoms with Crippen LogP contribution in [0.5, 0.6) is 0 Å². The van der Waals surface area contributed by atoms with Crippen LogP contribution in [-0.2, 0) is 0 Å². The highest BCUT2D eigenvalue weighted by Crippen LogP contribution is 2.37. The Bertz CT molecular complexity index is 674. The van der Waals surface area contributed by atoms with Crippen molar-refractivity contribution in [2.45, 2.75) is 0 Å². The molecule has 102 valence electrons. The molecule has 0 saturated carbocycles. The molecule has 2 aromatic carbocycles. The van der Waals surface area contributed by atoms with Crippen molar-refractivity contribution in [2.24, 2.45) is 11.5 Å². The Morgan fingerprint density at radius 1 is 1.10 bits per heavy atom. The molecule has 0 aromatic heterocycles. The molecule has 0 fully saturated rings. The van der Waals surface area contributed by atoms with E-state index in [0.717, 1.165) is 5.56 Å². The van der Waals surface area contributed by atoms with E-state index in [2.05, 4.69) is 5.32 Å². The largest absolute Gasteiger partial charge is 0.376 e. The molecule has 0 radical (unpaired) electrons. The van der Waals surface area contributed by atoms with Crippen LogP contribution in [0.15, 0.2) is 42.5 Å². The van der Waals surface area contributed by atoms with Gasteiger partial charge in [-0.3, -0.25) is 4.79 Å². The molecular formula is C14H12ClN3OS. The van der Waals surface area contributed by atoms with Gasteiger partial charge in [-0.25, -0.2) is 0 Å². The molecule has 20 heavy (non-hydrogen) atoms. The first-order valence-corrected chi connectivity index (χ1v) is 6.53. The summed E-state index contributed by atoms with van der Waals surface area (Å²) in [6.45, 7) is 0. The zero-order valence-electron chi connectivity index (χ0n) is 10.4. The van der Waals surface area contributed by atoms with Gasteiger partial charge in [0, 0.05) is 11.3 Å². The molecule has 0 aliphatic heterocycles. The highest BCUT2D eigenvalue weighted by Gasteiger charge is 2.16. The van der Waals surface area contributed by atoms with Crippen LogP contribution in [0, 0.1) is 0 Å². The van der Waals surface area contributed by atoms with Crippen LogP contribution in [0.2, 0.25) is 5.02 Å². The topological polar surface area (TPSA) is 81.1 Å². The minimum Gasteiger partial charge on any atom is -0.376 e. The van der Waals surface area contributed by atoms with E-state index in [-0.39, 0.29) is 15.7 Å². The van der Waals surface area contributed by atoms with Crippen molar-refractivity contribution >= 4 is 40.5 Å². The van der Waals surface area contributed by atoms with Crippen molar-refractivity contribution in [3.63, 3.8) is 0 Å². The van der Waals surface area contributed by atoms with Crippen LogP contribution in [-0.4, -0.2) is 11.0 Å². The molecule has 2 rings (SSSR count). The van der Waals surface area contributed by atoms with Crippen LogP contribution < -0.4 is 16.8 Å². The van der Waals surface area contributed by atoms with Crippen molar-refractivity contribution in [2.75, 3.05) is 5.32 Å². The first-order valence-electron chi connectivity index (χ1n) is 5.75. The molecule has 5 N–H and O–H groups in total. The Hall–Kier alpha value is -2.11. The first-order chi connectivity index (χ1) is 9.50. The van der Waals surface area contributed by atoms with Crippen molar-refractivity contribution in [1.82, 2.24) is 0 Å². The predicted molar refractivity (Wildman–Crippen MR) is 85.8 cm³/mol. The number of hydrogen-bond acceptors (Lipinski definition) is 2. The van der Waals surface area contributed by atoms with Crippen LogP contribution >= 0.6 is 23.8 Å². The summed E-state index contributed by atoms with van der Waals surface area (Å²) in [5, 5.41) is 3.24. The zero-order valence-corrected chi connectivity index (χ0v) is 12.0. The van der Waals surface area contributed by atoms with E-state index in [1.54, 1.807) is 6.07 Å². The highest BCUT2D eigenvalue weighted by molar-refractivity contribution is 7.80. The third kappa shape index (κ3) is 2.89. The van der Waals surface area contributed by atoms with Gasteiger partial charge < -0.3 is 16.8 Å². The molecule has 1 amide bonds. The highest BCUT2D eigenvalue weighted by atomic mass is 35.5. The normalized spacial score (nSPS) is 10.1. The van der Waals surface area contributed by atoms with Gasteiger partial charge in [0.1, 0.15) is 0 Å². The fraction of sp³-hybridized carbons (Fsp3) is 0. The fourth-order valence-corrected chi connectivity index (χ4v) is 2.37. The van der Waals surface area contributed by atoms with Crippen LogP contribution in [0.1, 0.15) is 10.4 Å². The van der Waals surface area contributed by atoms with Gasteiger partial charge in [-0.15, -0.1) is 0 Å². The van der Waals surface area contributed by atoms with Crippen molar-refractivity contribution < 1.29 is 4.79 Å². The van der Waals surface area contributed by atoms with E-state index in [1.807, 2.05) is 30.3 Å². The number of amides is 1. The monoisotopic (exact) mass is 305 g/mol. The Morgan fingerprint density at radius 3 is 2.30 bits per heavy atom. The van der Waals surface area contributed by atoms with Gasteiger partial charge >= 0.3 is 0 Å². The standard InChI is InChI=1S/C14H12ClN3OS/c15-12-9(13(16)19)6-7-10(18-14(17)20)11(12)8-4-2-1-3-5-8/h1-7H,(H2,16,19)(H3,17,18,20). The van der Waals surface area contributed by atoms with Crippen molar-refractivity contribution in [3.05, 3.63) is 53.1 Å². The SMILES string of the molecule is NC(=O)c1ccc(NC(N)=S)c(-c2ccccc2)c1Cl. The lowest BCUT2D eigenvalue weighted by molar-refractivity contribution is 0.100. The number of primary amides is 1. The lowest BCUT2D eigenvalue weighted by atomic mass is 10.0. The number of nitrogens with two attached hydrogens (primary N) is 2. The summed E-state index contributed by atoms with van der Waals surface area (Å²) >= 11 is 11.1. The number of anilines is 1. The Morgan fingerprint density at radius 2 is 1.75 bits per heavy atom. The number of thiocarbonyl (C=S) groups is 1. The average molecular weight is 306 g/mol. The van der Waals surface area contributed by atoms with Crippen molar-refractivity contribution in [3.8, 4) is 11.1 Å². The number of rotatable bonds is 3. The smallest absolute Gasteiger partial charge is 0.250 e. The maximum atomic E-state index is 11.4. The summed E-state index contributed by atoms with van der Waals surface area (Å²) in [4.78, 5) is 11.4. The van der Waals surface area contributed by atoms with Crippen molar-refractivity contribution in [1.29, 1.82) is 0 Å². The van der Waals surface area contributed by atoms with Gasteiger partial charge in [0.25, 0.3) is 0 Å². The number of nitrogens with one attached hydrogen (secondary N) is 1. The molecular weight excluding hydrogens is 294 g/mol. The molecule has 2 aromatic rings. The number of carbonyl (C=O) groups is 1. The maximum absolute atomic E-state index is 11.4. The lowest BCUT2D eigenvalue weighted by Crippen LogP contribution is -2.20. The lowest BCUT2D eigenvalue weighted by Gasteiger charge is -2.15. The minimum atomic E-state index is -0.589. The van der Waals surface area contributed by atoms with Gasteiger partial charge in [0.15, 0.2) is 5.11 Å². The van der Waals surface area contributed by atoms with E-state index in [4.69, 9.17) is 35.3 Å². The molecule has 0 atom stereocenters. The van der Waals surface area contributed by atoms with Crippen LogP contribution in [0.4, 0.5) is 5.69 Å². The predicted octanol–water partition coefficient (Wildman–Crippen LogP) is 2.76. The van der Waals surface area contributed by atoms with Gasteiger partial charge in [-0.05, 0) is 29.9 Å². The number of benzene rings is 2. The number of carbonyl (C=O) groups excluding carboxylic acids is 1. The van der Waals surface area contributed by atoms with Crippen LogP contribution in [0.3, 0.4) is 0 Å². The zero-order chi connectivity index (χ0) is 14.7. The third-order valence-corrected chi connectivity index (χ3v) is 3.22. The quantitative estimate of drug-likeness (QED) is 0.762. The number of hydrogen-bond donors (Lipinski definition) is 3. The molecule has 0 heterocycles. The number of halogens is 1. The second-order valence-corrected chi connectivity index (χ2v) is 4.89. The summed E-state index contributed by atoms with van der Waals surface area (Å²) < 4.78 is 0. The van der Waals surface area contributed by atoms with Crippen LogP contribution in [0.25, 0.3) is 11.1 Å². The molecule has 0 bridgehead atoms. The summed E-state index contributed by atoms with van der Waals surface area (Å²) in [6.07, 6.45) is 0. The summed E-state index contributed by atoms with van der Waals surface area (Å²) in [7, 11) is 0. The van der Waals surface area contributed by atoms with E-state index >= 15 is 0 Å². The van der Waals surface area contributed by atoms with E-state index < -0.39 is 5.91 Å². The Labute approximate surface area is 126 Å². The molecule has 4 nitrogen and oxygen atoms in total. The molecule has 6 heteroatoms. The molecule has 0 spiro atoms. The molecule has 0 unspecified atom stereocenters. The second-order valence-electron chi connectivity index (χ2n) is 4.07. The average Bonchev–Trinajstić information content (AvgIpc) is 2.39. The molecule has 0 aliphatic rings. The summed E-state index contributed by atoms with van der Waals surface area (Å²) in [5.41, 5.74) is 13.2.